The van der Waals surface area contributed by atoms with E-state index in [1.165, 1.54) is 24.0 Å². The molecule has 4 atom stereocenters. The molecule has 0 aromatic carbocycles. The van der Waals surface area contributed by atoms with E-state index in [-0.39, 0.29) is 22.4 Å². The zero-order valence-corrected chi connectivity index (χ0v) is 13.0. The van der Waals surface area contributed by atoms with Crippen LogP contribution in [0.3, 0.4) is 0 Å². The molecule has 0 spiro atoms. The largest absolute Gasteiger partial charge is 0.394 e. The van der Waals surface area contributed by atoms with Crippen LogP contribution in [0.4, 0.5) is 10.2 Å². The van der Waals surface area contributed by atoms with Crippen LogP contribution in [-0.2, 0) is 9.53 Å². The Balaban J connectivity index is 1.94. The van der Waals surface area contributed by atoms with Crippen LogP contribution >= 0.6 is 0 Å². The van der Waals surface area contributed by atoms with Gasteiger partial charge in [-0.2, -0.15) is 0 Å². The third kappa shape index (κ3) is 2.19. The van der Waals surface area contributed by atoms with Crippen molar-refractivity contribution in [1.29, 1.82) is 0 Å². The first-order valence-electron chi connectivity index (χ1n) is 7.55. The highest BCUT2D eigenvalue weighted by Crippen LogP contribution is 2.42. The molecule has 132 valence electrons. The molecule has 2 aliphatic heterocycles. The zero-order chi connectivity index (χ0) is 17.9. The smallest absolute Gasteiger partial charge is 0.252 e. The number of aromatic nitrogens is 3. The van der Waals surface area contributed by atoms with Gasteiger partial charge < -0.3 is 29.9 Å². The van der Waals surface area contributed by atoms with Crippen molar-refractivity contribution < 1.29 is 29.2 Å². The normalized spacial score (nSPS) is 31.8. The lowest BCUT2D eigenvalue weighted by Crippen LogP contribution is -2.44. The molecule has 0 aliphatic carbocycles. The van der Waals surface area contributed by atoms with Gasteiger partial charge in [-0.1, -0.05) is 0 Å². The van der Waals surface area contributed by atoms with Crippen molar-refractivity contribution >= 4 is 28.6 Å². The van der Waals surface area contributed by atoms with Crippen LogP contribution in [0, 0.1) is 0 Å². The van der Waals surface area contributed by atoms with E-state index in [1.54, 1.807) is 0 Å². The molecule has 1 saturated heterocycles. The third-order valence-corrected chi connectivity index (χ3v) is 4.55. The number of carbonyl (C=O) groups is 1. The number of amides is 1. The number of hydrogen-bond acceptors (Lipinski definition) is 7. The number of nitrogens with one attached hydrogen (secondary N) is 1. The predicted molar refractivity (Wildman–Crippen MR) is 82.9 cm³/mol. The number of carbonyl (C=O) groups excluding carboxylic acids is 1. The van der Waals surface area contributed by atoms with Gasteiger partial charge in [0.05, 0.1) is 12.0 Å². The van der Waals surface area contributed by atoms with Gasteiger partial charge in [0.25, 0.3) is 5.91 Å². The van der Waals surface area contributed by atoms with E-state index in [0.29, 0.717) is 0 Å². The van der Waals surface area contributed by atoms with Gasteiger partial charge in [0.15, 0.2) is 6.23 Å². The van der Waals surface area contributed by atoms with Crippen molar-refractivity contribution in [3.63, 3.8) is 0 Å². The maximum Gasteiger partial charge on any atom is 0.252 e. The molecule has 2 aliphatic rings. The molecule has 25 heavy (non-hydrogen) atoms. The van der Waals surface area contributed by atoms with E-state index in [4.69, 9.17) is 4.74 Å². The highest BCUT2D eigenvalue weighted by atomic mass is 19.1. The Morgan fingerprint density at radius 3 is 2.92 bits per heavy atom. The Morgan fingerprint density at radius 1 is 1.48 bits per heavy atom. The maximum absolute atomic E-state index is 14.4. The van der Waals surface area contributed by atoms with Crippen LogP contribution in [0.25, 0.3) is 16.9 Å². The second kappa shape index (κ2) is 5.30. The van der Waals surface area contributed by atoms with E-state index < -0.39 is 42.4 Å². The summed E-state index contributed by atoms with van der Waals surface area (Å²) in [6.07, 6.45) is -0.166. The molecule has 4 rings (SSSR count). The molecule has 10 heteroatoms. The predicted octanol–water partition coefficient (Wildman–Crippen LogP) is -0.305. The van der Waals surface area contributed by atoms with Crippen molar-refractivity contribution in [2.24, 2.45) is 0 Å². The van der Waals surface area contributed by atoms with Crippen LogP contribution in [0.2, 0.25) is 0 Å². The highest BCUT2D eigenvalue weighted by Gasteiger charge is 2.53. The molecule has 1 unspecified atom stereocenters. The van der Waals surface area contributed by atoms with Crippen LogP contribution in [0.5, 0.6) is 0 Å². The fourth-order valence-corrected chi connectivity index (χ4v) is 3.28. The van der Waals surface area contributed by atoms with Gasteiger partial charge >= 0.3 is 0 Å². The number of aliphatic hydroxyl groups is 3. The van der Waals surface area contributed by atoms with E-state index in [9.17, 15) is 24.5 Å². The summed E-state index contributed by atoms with van der Waals surface area (Å²) in [5.41, 5.74) is -1.48. The van der Waals surface area contributed by atoms with Gasteiger partial charge in [-0.15, -0.1) is 0 Å². The number of hydrogen-bond donors (Lipinski definition) is 4. The second-order valence-corrected chi connectivity index (χ2v) is 6.23. The van der Waals surface area contributed by atoms with Crippen molar-refractivity contribution in [3.05, 3.63) is 24.2 Å². The summed E-state index contributed by atoms with van der Waals surface area (Å²) in [4.78, 5) is 19.7. The summed E-state index contributed by atoms with van der Waals surface area (Å²) in [6.45, 7) is 0.857. The monoisotopic (exact) mass is 350 g/mol. The summed E-state index contributed by atoms with van der Waals surface area (Å²) in [5.74, 6) is -1.31. The van der Waals surface area contributed by atoms with E-state index in [2.05, 4.69) is 15.3 Å². The van der Waals surface area contributed by atoms with E-state index in [1.807, 2.05) is 0 Å². The topological polar surface area (TPSA) is 130 Å². The first-order valence-corrected chi connectivity index (χ1v) is 7.55. The van der Waals surface area contributed by atoms with Crippen LogP contribution in [-0.4, -0.2) is 60.2 Å². The first-order chi connectivity index (χ1) is 11.8. The minimum absolute atomic E-state index is 0.0605. The Labute approximate surface area is 140 Å². The number of ether oxygens (including phenoxy) is 1. The van der Waals surface area contributed by atoms with Gasteiger partial charge in [-0.3, -0.25) is 4.79 Å². The Hall–Kier alpha value is -2.40. The molecule has 0 radical (unpaired) electrons. The zero-order valence-electron chi connectivity index (χ0n) is 13.0. The lowest BCUT2D eigenvalue weighted by molar-refractivity contribution is -0.111. The maximum atomic E-state index is 14.4. The van der Waals surface area contributed by atoms with Crippen LogP contribution < -0.4 is 5.32 Å². The Bertz CT molecular complexity index is 909. The van der Waals surface area contributed by atoms with Gasteiger partial charge in [0.2, 0.25) is 0 Å². The second-order valence-electron chi connectivity index (χ2n) is 6.23. The SMILES string of the molecule is CC1(O)[C@H](O)[C@@H](CO)O[C@H]1n1cc2c3c(ncnc31)NC(=O)C=C2F. The molecule has 2 aromatic heterocycles. The van der Waals surface area contributed by atoms with Crippen LogP contribution in [0.1, 0.15) is 18.7 Å². The van der Waals surface area contributed by atoms with Crippen molar-refractivity contribution in [2.75, 3.05) is 11.9 Å². The van der Waals surface area contributed by atoms with Gasteiger partial charge in [0, 0.05) is 17.8 Å². The summed E-state index contributed by atoms with van der Waals surface area (Å²) < 4.78 is 21.3. The molecule has 0 bridgehead atoms. The molecule has 4 heterocycles. The van der Waals surface area contributed by atoms with Gasteiger partial charge in [0.1, 0.15) is 41.4 Å². The number of halogens is 1. The van der Waals surface area contributed by atoms with E-state index in [0.717, 1.165) is 6.08 Å². The van der Waals surface area contributed by atoms with Crippen molar-refractivity contribution in [2.45, 2.75) is 31.0 Å². The Morgan fingerprint density at radius 2 is 2.24 bits per heavy atom. The third-order valence-electron chi connectivity index (χ3n) is 4.55. The quantitative estimate of drug-likeness (QED) is 0.585. The molecule has 4 N–H and O–H groups in total. The molecule has 1 fully saturated rings. The number of rotatable bonds is 2. The Kier molecular flexibility index (Phi) is 3.41. The molecular formula is C15H15FN4O5. The molecule has 1 amide bonds. The number of aliphatic hydroxyl groups excluding tert-OH is 2. The fraction of sp³-hybridized carbons (Fsp3) is 0.400. The number of anilines is 1. The average molecular weight is 350 g/mol. The van der Waals surface area contributed by atoms with E-state index >= 15 is 0 Å². The first kappa shape index (κ1) is 16.1. The highest BCUT2D eigenvalue weighted by molar-refractivity contribution is 6.12. The van der Waals surface area contributed by atoms with Gasteiger partial charge in [-0.05, 0) is 6.92 Å². The molecule has 0 saturated carbocycles. The summed E-state index contributed by atoms with van der Waals surface area (Å²) in [5, 5.41) is 32.8. The summed E-state index contributed by atoms with van der Waals surface area (Å²) in [7, 11) is 0. The average Bonchev–Trinajstić information content (AvgIpc) is 3.00. The minimum Gasteiger partial charge on any atom is -0.394 e. The molecule has 2 aromatic rings. The standard InChI is InChI=1S/C15H15FN4O5/c1-15(24)11(23)8(4-21)25-14(15)20-3-6-7(16)2-9(22)19-12-10(6)13(20)18-5-17-12/h2-3,5,8,11,14,21,23-24H,4H2,1H3,(H,17,18,19,22)/t8-,11-,14-,15?/m1/s1. The van der Waals surface area contributed by atoms with Gasteiger partial charge in [-0.25, -0.2) is 14.4 Å². The van der Waals surface area contributed by atoms with Crippen molar-refractivity contribution in [1.82, 2.24) is 14.5 Å². The molecular weight excluding hydrogens is 335 g/mol. The molecule has 9 nitrogen and oxygen atoms in total. The lowest BCUT2D eigenvalue weighted by atomic mass is 9.96. The fourth-order valence-electron chi connectivity index (χ4n) is 3.28. The van der Waals surface area contributed by atoms with Crippen molar-refractivity contribution in [3.8, 4) is 0 Å². The summed E-state index contributed by atoms with van der Waals surface area (Å²) >= 11 is 0. The number of nitrogens with zero attached hydrogens (tertiary/aromatic N) is 3. The minimum atomic E-state index is -1.75. The van der Waals surface area contributed by atoms with Crippen LogP contribution in [0.15, 0.2) is 18.6 Å². The summed E-state index contributed by atoms with van der Waals surface area (Å²) in [6, 6.07) is 0. The lowest BCUT2D eigenvalue weighted by Gasteiger charge is -2.27.